The lowest BCUT2D eigenvalue weighted by Crippen LogP contribution is -2.14. The molecule has 7 heteroatoms. The van der Waals surface area contributed by atoms with Crippen LogP contribution >= 0.6 is 15.9 Å². The standard InChI is InChI=1S/C16H14BrFN2O3/c17-10-1-2-14-9(5-10)8-22-4-3-15(19)20-13-7-11(21)6-12(18)16(13)23-14/h1-2,5-7,21H,3-4,8H2,(H2,19,20). The number of phenolic OH excluding ortho intramolecular Hbond substituents is 1. The van der Waals surface area contributed by atoms with E-state index in [4.69, 9.17) is 15.2 Å². The van der Waals surface area contributed by atoms with Crippen molar-refractivity contribution in [2.24, 2.45) is 10.7 Å². The molecule has 3 N–H and O–H groups in total. The fourth-order valence-corrected chi connectivity index (χ4v) is 2.60. The van der Waals surface area contributed by atoms with Gasteiger partial charge in [0.1, 0.15) is 23.0 Å². The molecule has 1 heterocycles. The van der Waals surface area contributed by atoms with Crippen LogP contribution in [0.5, 0.6) is 17.2 Å². The van der Waals surface area contributed by atoms with Gasteiger partial charge in [0, 0.05) is 28.6 Å². The van der Waals surface area contributed by atoms with Gasteiger partial charge in [-0.1, -0.05) is 15.9 Å². The summed E-state index contributed by atoms with van der Waals surface area (Å²) in [4.78, 5) is 4.14. The molecule has 120 valence electrons. The predicted octanol–water partition coefficient (Wildman–Crippen LogP) is 4.00. The van der Waals surface area contributed by atoms with E-state index in [1.807, 2.05) is 6.07 Å². The molecule has 0 aromatic heterocycles. The molecule has 5 nitrogen and oxygen atoms in total. The summed E-state index contributed by atoms with van der Waals surface area (Å²) in [7, 11) is 0. The van der Waals surface area contributed by atoms with E-state index in [1.54, 1.807) is 12.1 Å². The zero-order valence-corrected chi connectivity index (χ0v) is 13.6. The van der Waals surface area contributed by atoms with Crippen molar-refractivity contribution in [3.8, 4) is 17.2 Å². The smallest absolute Gasteiger partial charge is 0.188 e. The van der Waals surface area contributed by atoms with Crippen molar-refractivity contribution in [1.82, 2.24) is 0 Å². The quantitative estimate of drug-likeness (QED) is 0.724. The molecule has 1 aliphatic rings. The second-order valence-electron chi connectivity index (χ2n) is 5.04. The SMILES string of the molecule is NC1=Nc2cc(O)cc(F)c2Oc2ccc(Br)cc2COCC1. The van der Waals surface area contributed by atoms with Crippen molar-refractivity contribution < 1.29 is 19.0 Å². The minimum Gasteiger partial charge on any atom is -0.508 e. The highest BCUT2D eigenvalue weighted by atomic mass is 79.9. The first kappa shape index (κ1) is 15.8. The van der Waals surface area contributed by atoms with Crippen LogP contribution in [-0.2, 0) is 11.3 Å². The summed E-state index contributed by atoms with van der Waals surface area (Å²) < 4.78 is 26.4. The Labute approximate surface area is 140 Å². The number of hydrogen-bond acceptors (Lipinski definition) is 5. The van der Waals surface area contributed by atoms with Crippen molar-refractivity contribution in [3.63, 3.8) is 0 Å². The molecule has 0 saturated carbocycles. The van der Waals surface area contributed by atoms with Crippen LogP contribution in [-0.4, -0.2) is 17.5 Å². The number of nitrogens with zero attached hydrogens (tertiary/aromatic N) is 1. The normalized spacial score (nSPS) is 14.8. The molecule has 3 rings (SSSR count). The van der Waals surface area contributed by atoms with Gasteiger partial charge in [-0.2, -0.15) is 0 Å². The van der Waals surface area contributed by atoms with Gasteiger partial charge in [0.25, 0.3) is 0 Å². The molecule has 0 aliphatic carbocycles. The number of nitrogens with two attached hydrogens (primary N) is 1. The molecule has 23 heavy (non-hydrogen) atoms. The van der Waals surface area contributed by atoms with E-state index in [9.17, 15) is 9.50 Å². The molecular weight excluding hydrogens is 367 g/mol. The lowest BCUT2D eigenvalue weighted by atomic mass is 10.2. The van der Waals surface area contributed by atoms with Crippen LogP contribution in [0.15, 0.2) is 39.8 Å². The molecule has 0 radical (unpaired) electrons. The van der Waals surface area contributed by atoms with Crippen LogP contribution in [0.3, 0.4) is 0 Å². The molecule has 2 aromatic carbocycles. The van der Waals surface area contributed by atoms with Gasteiger partial charge in [-0.3, -0.25) is 0 Å². The Morgan fingerprint density at radius 2 is 2.09 bits per heavy atom. The zero-order valence-electron chi connectivity index (χ0n) is 12.1. The second kappa shape index (κ2) is 6.55. The number of aliphatic imine (C=N–C) groups is 1. The summed E-state index contributed by atoms with van der Waals surface area (Å²) in [5.41, 5.74) is 6.72. The molecule has 0 unspecified atom stereocenters. The van der Waals surface area contributed by atoms with Crippen LogP contribution in [0, 0.1) is 5.82 Å². The van der Waals surface area contributed by atoms with Gasteiger partial charge in [-0.05, 0) is 18.2 Å². The van der Waals surface area contributed by atoms with E-state index < -0.39 is 5.82 Å². The van der Waals surface area contributed by atoms with Crippen LogP contribution in [0.1, 0.15) is 12.0 Å². The molecule has 0 fully saturated rings. The largest absolute Gasteiger partial charge is 0.508 e. The number of hydrogen-bond donors (Lipinski definition) is 2. The van der Waals surface area contributed by atoms with E-state index in [2.05, 4.69) is 20.9 Å². The van der Waals surface area contributed by atoms with E-state index in [1.165, 1.54) is 6.07 Å². The van der Waals surface area contributed by atoms with Gasteiger partial charge in [0.05, 0.1) is 13.2 Å². The average molecular weight is 381 g/mol. The highest BCUT2D eigenvalue weighted by Gasteiger charge is 2.17. The van der Waals surface area contributed by atoms with E-state index in [0.717, 1.165) is 16.1 Å². The molecule has 0 bridgehead atoms. The maximum absolute atomic E-state index is 14.2. The number of ether oxygens (including phenoxy) is 2. The molecule has 1 aliphatic heterocycles. The fourth-order valence-electron chi connectivity index (χ4n) is 2.19. The molecule has 0 saturated heterocycles. The highest BCUT2D eigenvalue weighted by molar-refractivity contribution is 9.10. The number of fused-ring (bicyclic) bond motifs is 2. The maximum atomic E-state index is 14.2. The first-order valence-electron chi connectivity index (χ1n) is 6.92. The van der Waals surface area contributed by atoms with Gasteiger partial charge < -0.3 is 20.3 Å². The summed E-state index contributed by atoms with van der Waals surface area (Å²) in [5, 5.41) is 9.59. The average Bonchev–Trinajstić information content (AvgIpc) is 2.51. The van der Waals surface area contributed by atoms with Crippen LogP contribution in [0.4, 0.5) is 10.1 Å². The third kappa shape index (κ3) is 3.62. The summed E-state index contributed by atoms with van der Waals surface area (Å²) in [6, 6.07) is 7.62. The lowest BCUT2D eigenvalue weighted by molar-refractivity contribution is 0.126. The first-order valence-corrected chi connectivity index (χ1v) is 7.72. The van der Waals surface area contributed by atoms with Gasteiger partial charge in [0.15, 0.2) is 11.6 Å². The van der Waals surface area contributed by atoms with Crippen molar-refractivity contribution in [3.05, 3.63) is 46.2 Å². The zero-order chi connectivity index (χ0) is 16.4. The lowest BCUT2D eigenvalue weighted by Gasteiger charge is -2.13. The Bertz CT molecular complexity index is 780. The van der Waals surface area contributed by atoms with Crippen LogP contribution in [0.25, 0.3) is 0 Å². The minimum absolute atomic E-state index is 0.0868. The predicted molar refractivity (Wildman–Crippen MR) is 87.8 cm³/mol. The number of halogens is 2. The topological polar surface area (TPSA) is 77.1 Å². The molecule has 0 atom stereocenters. The van der Waals surface area contributed by atoms with Crippen LogP contribution < -0.4 is 10.5 Å². The fraction of sp³-hybridized carbons (Fsp3) is 0.188. The van der Waals surface area contributed by atoms with Gasteiger partial charge >= 0.3 is 0 Å². The van der Waals surface area contributed by atoms with Crippen molar-refractivity contribution in [2.75, 3.05) is 6.61 Å². The molecule has 0 spiro atoms. The van der Waals surface area contributed by atoms with Crippen LogP contribution in [0.2, 0.25) is 0 Å². The number of aromatic hydroxyl groups is 1. The number of benzene rings is 2. The van der Waals surface area contributed by atoms with Crippen molar-refractivity contribution in [2.45, 2.75) is 13.0 Å². The van der Waals surface area contributed by atoms with E-state index in [0.29, 0.717) is 25.4 Å². The number of phenols is 1. The van der Waals surface area contributed by atoms with Gasteiger partial charge in [-0.15, -0.1) is 0 Å². The second-order valence-corrected chi connectivity index (χ2v) is 5.95. The Balaban J connectivity index is 2.14. The van der Waals surface area contributed by atoms with Crippen molar-refractivity contribution in [1.29, 1.82) is 0 Å². The first-order chi connectivity index (χ1) is 11.0. The summed E-state index contributed by atoms with van der Waals surface area (Å²) in [5.74, 6) is -0.327. The van der Waals surface area contributed by atoms with E-state index in [-0.39, 0.29) is 23.0 Å². The molecular formula is C16H14BrFN2O3. The number of rotatable bonds is 0. The monoisotopic (exact) mass is 380 g/mol. The molecule has 0 amide bonds. The van der Waals surface area contributed by atoms with Crippen molar-refractivity contribution >= 4 is 27.5 Å². The summed E-state index contributed by atoms with van der Waals surface area (Å²) >= 11 is 3.39. The third-order valence-electron chi connectivity index (χ3n) is 3.27. The van der Waals surface area contributed by atoms with Gasteiger partial charge in [-0.25, -0.2) is 9.38 Å². The Morgan fingerprint density at radius 1 is 1.26 bits per heavy atom. The maximum Gasteiger partial charge on any atom is 0.188 e. The van der Waals surface area contributed by atoms with E-state index >= 15 is 0 Å². The Kier molecular flexibility index (Phi) is 4.49. The highest BCUT2D eigenvalue weighted by Crippen LogP contribution is 2.39. The summed E-state index contributed by atoms with van der Waals surface area (Å²) in [6.45, 7) is 0.676. The minimum atomic E-state index is -0.717. The molecule has 2 aromatic rings. The third-order valence-corrected chi connectivity index (χ3v) is 3.76. The Hall–Kier alpha value is -2.12. The van der Waals surface area contributed by atoms with Gasteiger partial charge in [0.2, 0.25) is 0 Å². The summed E-state index contributed by atoms with van der Waals surface area (Å²) in [6.07, 6.45) is 0.389. The Morgan fingerprint density at radius 3 is 2.91 bits per heavy atom. The number of amidine groups is 1.